The number of nitrogens with zero attached hydrogens (tertiary/aromatic N) is 2. The van der Waals surface area contributed by atoms with E-state index in [0.717, 1.165) is 0 Å². The third-order valence-electron chi connectivity index (χ3n) is 2.75. The number of nitrogens with two attached hydrogens (primary N) is 1. The van der Waals surface area contributed by atoms with Crippen molar-refractivity contribution in [2.24, 2.45) is 12.8 Å². The smallest absolute Gasteiger partial charge is 0.359 e. The van der Waals surface area contributed by atoms with Crippen molar-refractivity contribution in [3.8, 4) is 0 Å². The molecule has 0 aliphatic carbocycles. The fraction of sp³-hybridized carbons (Fsp3) is 0.636. The number of esters is 1. The molecular formula is C11H19N3O3. The maximum Gasteiger partial charge on any atom is 0.359 e. The Labute approximate surface area is 100 Å². The summed E-state index contributed by atoms with van der Waals surface area (Å²) in [4.78, 5) is 11.7. The van der Waals surface area contributed by atoms with Gasteiger partial charge in [0, 0.05) is 30.8 Å². The highest BCUT2D eigenvalue weighted by Crippen LogP contribution is 2.25. The summed E-state index contributed by atoms with van der Waals surface area (Å²) in [7, 11) is 1.71. The number of hydrogen-bond acceptors (Lipinski definition) is 5. The van der Waals surface area contributed by atoms with Crippen molar-refractivity contribution in [1.29, 1.82) is 0 Å². The molecule has 3 N–H and O–H groups in total. The molecule has 0 amide bonds. The van der Waals surface area contributed by atoms with Gasteiger partial charge in [0.1, 0.15) is 0 Å². The van der Waals surface area contributed by atoms with Crippen molar-refractivity contribution >= 4 is 5.97 Å². The fourth-order valence-corrected chi connectivity index (χ4v) is 1.54. The molecular weight excluding hydrogens is 222 g/mol. The Bertz CT molecular complexity index is 397. The zero-order chi connectivity index (χ0) is 13.1. The van der Waals surface area contributed by atoms with E-state index in [4.69, 9.17) is 10.5 Å². The summed E-state index contributed by atoms with van der Waals surface area (Å²) in [6.45, 7) is 3.87. The maximum atomic E-state index is 11.7. The number of carbonyl (C=O) groups excluding carboxylic acids is 1. The van der Waals surface area contributed by atoms with Gasteiger partial charge in [-0.3, -0.25) is 4.68 Å². The van der Waals surface area contributed by atoms with Crippen LogP contribution in [0.5, 0.6) is 0 Å². The van der Waals surface area contributed by atoms with Gasteiger partial charge in [-0.25, -0.2) is 4.79 Å². The molecule has 0 spiro atoms. The highest BCUT2D eigenvalue weighted by Gasteiger charge is 2.32. The molecule has 6 nitrogen and oxygen atoms in total. The van der Waals surface area contributed by atoms with E-state index in [1.54, 1.807) is 27.1 Å². The third kappa shape index (κ3) is 2.65. The molecule has 6 heteroatoms. The second kappa shape index (κ2) is 5.29. The van der Waals surface area contributed by atoms with Gasteiger partial charge >= 0.3 is 5.97 Å². The van der Waals surface area contributed by atoms with Crippen LogP contribution < -0.4 is 5.73 Å². The van der Waals surface area contributed by atoms with Crippen LogP contribution in [0.25, 0.3) is 0 Å². The molecule has 0 fully saturated rings. The summed E-state index contributed by atoms with van der Waals surface area (Å²) in [5.41, 5.74) is 5.80. The average molecular weight is 241 g/mol. The first-order chi connectivity index (χ1) is 7.98. The number of aromatic nitrogens is 2. The number of rotatable bonds is 5. The number of hydrogen-bond donors (Lipinski definition) is 2. The zero-order valence-corrected chi connectivity index (χ0v) is 10.4. The number of ether oxygens (including phenoxy) is 1. The standard InChI is InChI=1S/C11H19N3O3/c1-4-17-10(16)9-8(5-14(3)13-9)11(2,6-12)7-15/h5,15H,4,6-7,12H2,1-3H3. The minimum absolute atomic E-state index is 0.151. The molecule has 1 heterocycles. The second-order valence-electron chi connectivity index (χ2n) is 4.21. The van der Waals surface area contributed by atoms with Crippen LogP contribution in [-0.2, 0) is 17.2 Å². The van der Waals surface area contributed by atoms with Crippen LogP contribution in [0.1, 0.15) is 29.9 Å². The van der Waals surface area contributed by atoms with Gasteiger partial charge in [-0.15, -0.1) is 0 Å². The SMILES string of the molecule is CCOC(=O)c1nn(C)cc1C(C)(CN)CO. The van der Waals surface area contributed by atoms with Crippen LogP contribution in [0.15, 0.2) is 6.20 Å². The Morgan fingerprint density at radius 2 is 2.35 bits per heavy atom. The minimum atomic E-state index is -0.684. The first kappa shape index (κ1) is 13.7. The molecule has 1 atom stereocenters. The molecule has 0 saturated carbocycles. The van der Waals surface area contributed by atoms with E-state index in [0.29, 0.717) is 5.56 Å². The molecule has 0 aromatic carbocycles. The Morgan fingerprint density at radius 3 is 2.82 bits per heavy atom. The van der Waals surface area contributed by atoms with Crippen molar-refractivity contribution in [3.05, 3.63) is 17.5 Å². The van der Waals surface area contributed by atoms with Crippen LogP contribution in [0.3, 0.4) is 0 Å². The van der Waals surface area contributed by atoms with Gasteiger partial charge < -0.3 is 15.6 Å². The Hall–Kier alpha value is -1.40. The molecule has 1 unspecified atom stereocenters. The van der Waals surface area contributed by atoms with Gasteiger partial charge in [0.25, 0.3) is 0 Å². The van der Waals surface area contributed by atoms with Crippen LogP contribution in [-0.4, -0.2) is 40.6 Å². The molecule has 96 valence electrons. The molecule has 0 radical (unpaired) electrons. The predicted molar refractivity (Wildman–Crippen MR) is 62.7 cm³/mol. The molecule has 0 bridgehead atoms. The molecule has 1 aromatic rings. The Morgan fingerprint density at radius 1 is 1.71 bits per heavy atom. The van der Waals surface area contributed by atoms with E-state index in [1.807, 2.05) is 0 Å². The summed E-state index contributed by atoms with van der Waals surface area (Å²) in [5.74, 6) is -0.490. The number of aryl methyl sites for hydroxylation is 1. The molecule has 0 aliphatic rings. The van der Waals surface area contributed by atoms with Crippen molar-refractivity contribution in [2.75, 3.05) is 19.8 Å². The lowest BCUT2D eigenvalue weighted by molar-refractivity contribution is 0.0514. The quantitative estimate of drug-likeness (QED) is 0.697. The van der Waals surface area contributed by atoms with Crippen LogP contribution in [0.2, 0.25) is 0 Å². The summed E-state index contributed by atoms with van der Waals surface area (Å²) < 4.78 is 6.45. The third-order valence-corrected chi connectivity index (χ3v) is 2.75. The Balaban J connectivity index is 3.19. The Kier molecular flexibility index (Phi) is 4.25. The van der Waals surface area contributed by atoms with E-state index < -0.39 is 11.4 Å². The highest BCUT2D eigenvalue weighted by molar-refractivity contribution is 5.89. The van der Waals surface area contributed by atoms with Crippen molar-refractivity contribution in [2.45, 2.75) is 19.3 Å². The van der Waals surface area contributed by atoms with Crippen LogP contribution >= 0.6 is 0 Å². The average Bonchev–Trinajstić information content (AvgIpc) is 2.71. The van der Waals surface area contributed by atoms with E-state index in [1.165, 1.54) is 4.68 Å². The first-order valence-electron chi connectivity index (χ1n) is 5.50. The molecule has 17 heavy (non-hydrogen) atoms. The van der Waals surface area contributed by atoms with E-state index in [2.05, 4.69) is 5.10 Å². The molecule has 1 aromatic heterocycles. The van der Waals surface area contributed by atoms with Gasteiger partial charge in [0.05, 0.1) is 13.2 Å². The lowest BCUT2D eigenvalue weighted by Gasteiger charge is -2.24. The largest absolute Gasteiger partial charge is 0.461 e. The van der Waals surface area contributed by atoms with Crippen molar-refractivity contribution in [1.82, 2.24) is 9.78 Å². The summed E-state index contributed by atoms with van der Waals surface area (Å²) >= 11 is 0. The van der Waals surface area contributed by atoms with Crippen LogP contribution in [0, 0.1) is 0 Å². The number of carbonyl (C=O) groups is 1. The number of aliphatic hydroxyl groups is 1. The summed E-state index contributed by atoms with van der Waals surface area (Å²) in [5, 5.41) is 13.5. The van der Waals surface area contributed by atoms with Crippen LogP contribution in [0.4, 0.5) is 0 Å². The van der Waals surface area contributed by atoms with Gasteiger partial charge in [-0.05, 0) is 6.92 Å². The fourth-order valence-electron chi connectivity index (χ4n) is 1.54. The van der Waals surface area contributed by atoms with Gasteiger partial charge in [-0.2, -0.15) is 5.10 Å². The highest BCUT2D eigenvalue weighted by atomic mass is 16.5. The maximum absolute atomic E-state index is 11.7. The van der Waals surface area contributed by atoms with E-state index in [-0.39, 0.29) is 25.5 Å². The lowest BCUT2D eigenvalue weighted by Crippen LogP contribution is -2.36. The molecule has 0 aliphatic heterocycles. The predicted octanol–water partition coefficient (Wildman–Crippen LogP) is -0.194. The summed E-state index contributed by atoms with van der Waals surface area (Å²) in [6.07, 6.45) is 1.69. The topological polar surface area (TPSA) is 90.4 Å². The molecule has 1 rings (SSSR count). The zero-order valence-electron chi connectivity index (χ0n) is 10.4. The molecule has 0 saturated heterocycles. The van der Waals surface area contributed by atoms with Gasteiger partial charge in [0.15, 0.2) is 5.69 Å². The van der Waals surface area contributed by atoms with E-state index >= 15 is 0 Å². The lowest BCUT2D eigenvalue weighted by atomic mass is 9.83. The summed E-state index contributed by atoms with van der Waals surface area (Å²) in [6, 6.07) is 0. The first-order valence-corrected chi connectivity index (χ1v) is 5.50. The van der Waals surface area contributed by atoms with Crippen molar-refractivity contribution in [3.63, 3.8) is 0 Å². The normalized spacial score (nSPS) is 14.4. The number of aliphatic hydroxyl groups excluding tert-OH is 1. The van der Waals surface area contributed by atoms with Crippen molar-refractivity contribution < 1.29 is 14.6 Å². The minimum Gasteiger partial charge on any atom is -0.461 e. The van der Waals surface area contributed by atoms with Gasteiger partial charge in [0.2, 0.25) is 0 Å². The second-order valence-corrected chi connectivity index (χ2v) is 4.21. The monoisotopic (exact) mass is 241 g/mol. The van der Waals surface area contributed by atoms with Gasteiger partial charge in [-0.1, -0.05) is 6.92 Å². The van der Waals surface area contributed by atoms with E-state index in [9.17, 15) is 9.90 Å².